The quantitative estimate of drug-likeness (QED) is 0.306. The molecule has 4 heterocycles. The molecule has 6 rings (SSSR count). The van der Waals surface area contributed by atoms with Crippen LogP contribution in [0, 0.1) is 12.4 Å². The van der Waals surface area contributed by atoms with Crippen LogP contribution in [-0.4, -0.2) is 74.4 Å². The molecule has 2 saturated heterocycles. The average Bonchev–Trinajstić information content (AvgIpc) is 3.30. The first kappa shape index (κ1) is 26.6. The SMILES string of the molecule is [C-]#[N+]c1ccc(COc2cncc(N3CCN(Cc4nc5ccc(C(=O)O)cc5n4C[C@@H]4CCO4)CC3)n2)c(F)c1. The minimum absolute atomic E-state index is 0.0170. The van der Waals surface area contributed by atoms with E-state index in [4.69, 9.17) is 21.0 Å². The highest BCUT2D eigenvalue weighted by Crippen LogP contribution is 2.25. The molecular formula is C29H28FN7O4. The Balaban J connectivity index is 1.10. The maximum atomic E-state index is 14.2. The van der Waals surface area contributed by atoms with Gasteiger partial charge in [-0.15, -0.1) is 0 Å². The van der Waals surface area contributed by atoms with Crippen molar-refractivity contribution in [3.8, 4) is 5.88 Å². The van der Waals surface area contributed by atoms with Gasteiger partial charge in [-0.2, -0.15) is 4.98 Å². The van der Waals surface area contributed by atoms with Gasteiger partial charge in [-0.25, -0.2) is 19.0 Å². The number of halogens is 1. The number of benzene rings is 2. The number of imidazole rings is 1. The van der Waals surface area contributed by atoms with Crippen molar-refractivity contribution in [2.24, 2.45) is 0 Å². The summed E-state index contributed by atoms with van der Waals surface area (Å²) in [6, 6.07) is 9.33. The highest BCUT2D eigenvalue weighted by Gasteiger charge is 2.25. The highest BCUT2D eigenvalue weighted by molar-refractivity contribution is 5.92. The zero-order chi connectivity index (χ0) is 28.3. The van der Waals surface area contributed by atoms with Gasteiger partial charge < -0.3 is 24.0 Å². The molecule has 11 nitrogen and oxygen atoms in total. The molecule has 2 aromatic heterocycles. The lowest BCUT2D eigenvalue weighted by molar-refractivity contribution is -0.0592. The molecule has 0 spiro atoms. The van der Waals surface area contributed by atoms with Crippen LogP contribution in [0.25, 0.3) is 15.9 Å². The van der Waals surface area contributed by atoms with Crippen LogP contribution in [0.15, 0.2) is 48.8 Å². The standard InChI is InChI=1S/C29H28FN7O4/c1-31-21-4-2-20(23(30)13-21)18-41-28-15-32-14-26(34-28)36-9-7-35(8-10-36)17-27-33-24-5-3-19(29(38)39)12-25(24)37(27)16-22-6-11-40-22/h2-5,12-15,22H,6-11,16-18H2,(H,38,39)/t22-/m0/s1. The van der Waals surface area contributed by atoms with E-state index < -0.39 is 11.8 Å². The molecule has 2 aliphatic heterocycles. The third-order valence-corrected chi connectivity index (χ3v) is 7.46. The van der Waals surface area contributed by atoms with Gasteiger partial charge in [0.2, 0.25) is 5.88 Å². The van der Waals surface area contributed by atoms with Crippen LogP contribution in [-0.2, 0) is 24.4 Å². The summed E-state index contributed by atoms with van der Waals surface area (Å²) >= 11 is 0. The highest BCUT2D eigenvalue weighted by atomic mass is 19.1. The van der Waals surface area contributed by atoms with Crippen LogP contribution in [0.2, 0.25) is 0 Å². The predicted octanol–water partition coefficient (Wildman–Crippen LogP) is 3.90. The van der Waals surface area contributed by atoms with E-state index in [0.29, 0.717) is 30.4 Å². The minimum Gasteiger partial charge on any atom is -0.478 e. The number of ether oxygens (including phenoxy) is 2. The van der Waals surface area contributed by atoms with E-state index in [9.17, 15) is 14.3 Å². The largest absolute Gasteiger partial charge is 0.478 e. The van der Waals surface area contributed by atoms with E-state index in [1.165, 1.54) is 18.3 Å². The lowest BCUT2D eigenvalue weighted by Crippen LogP contribution is -2.46. The summed E-state index contributed by atoms with van der Waals surface area (Å²) in [4.78, 5) is 32.9. The predicted molar refractivity (Wildman–Crippen MR) is 148 cm³/mol. The molecule has 210 valence electrons. The first-order valence-corrected chi connectivity index (χ1v) is 13.4. The molecule has 2 fully saturated rings. The molecule has 4 aromatic rings. The van der Waals surface area contributed by atoms with Gasteiger partial charge in [0.25, 0.3) is 0 Å². The molecule has 0 radical (unpaired) electrons. The van der Waals surface area contributed by atoms with Crippen molar-refractivity contribution in [1.82, 2.24) is 24.4 Å². The van der Waals surface area contributed by atoms with E-state index in [1.807, 2.05) is 0 Å². The van der Waals surface area contributed by atoms with Gasteiger partial charge in [0.15, 0.2) is 11.5 Å². The van der Waals surface area contributed by atoms with Crippen LogP contribution >= 0.6 is 0 Å². The van der Waals surface area contributed by atoms with Crippen molar-refractivity contribution >= 4 is 28.5 Å². The normalized spacial score (nSPS) is 17.3. The number of anilines is 1. The van der Waals surface area contributed by atoms with Crippen molar-refractivity contribution in [3.63, 3.8) is 0 Å². The van der Waals surface area contributed by atoms with E-state index in [1.54, 1.807) is 30.5 Å². The van der Waals surface area contributed by atoms with Gasteiger partial charge >= 0.3 is 5.97 Å². The van der Waals surface area contributed by atoms with Crippen molar-refractivity contribution in [1.29, 1.82) is 0 Å². The monoisotopic (exact) mass is 557 g/mol. The molecule has 0 amide bonds. The molecular weight excluding hydrogens is 529 g/mol. The Morgan fingerprint density at radius 3 is 2.68 bits per heavy atom. The van der Waals surface area contributed by atoms with Crippen molar-refractivity contribution in [2.75, 3.05) is 37.7 Å². The van der Waals surface area contributed by atoms with Gasteiger partial charge in [-0.05, 0) is 30.7 Å². The van der Waals surface area contributed by atoms with E-state index >= 15 is 0 Å². The minimum atomic E-state index is -0.961. The maximum Gasteiger partial charge on any atom is 0.335 e. The van der Waals surface area contributed by atoms with Gasteiger partial charge in [-0.3, -0.25) is 9.88 Å². The molecule has 12 heteroatoms. The lowest BCUT2D eigenvalue weighted by Gasteiger charge is -2.35. The number of nitrogens with zero attached hydrogens (tertiary/aromatic N) is 7. The number of piperazine rings is 1. The summed E-state index contributed by atoms with van der Waals surface area (Å²) < 4.78 is 27.7. The summed E-state index contributed by atoms with van der Waals surface area (Å²) in [6.07, 6.45) is 4.27. The zero-order valence-corrected chi connectivity index (χ0v) is 22.2. The first-order valence-electron chi connectivity index (χ1n) is 13.4. The molecule has 0 saturated carbocycles. The van der Waals surface area contributed by atoms with Crippen LogP contribution < -0.4 is 9.64 Å². The number of fused-ring (bicyclic) bond motifs is 1. The molecule has 0 unspecified atom stereocenters. The number of carbonyl (C=O) groups is 1. The second-order valence-electron chi connectivity index (χ2n) is 10.1. The van der Waals surface area contributed by atoms with E-state index in [-0.39, 0.29) is 24.0 Å². The molecule has 2 aliphatic rings. The fourth-order valence-corrected chi connectivity index (χ4v) is 5.03. The van der Waals surface area contributed by atoms with Crippen LogP contribution in [0.5, 0.6) is 5.88 Å². The molecule has 41 heavy (non-hydrogen) atoms. The number of rotatable bonds is 9. The lowest BCUT2D eigenvalue weighted by atomic mass is 10.1. The molecule has 0 bridgehead atoms. The summed E-state index contributed by atoms with van der Waals surface area (Å²) in [5.74, 6) is 0.415. The number of aromatic carboxylic acids is 1. The Morgan fingerprint density at radius 2 is 1.98 bits per heavy atom. The van der Waals surface area contributed by atoms with Crippen LogP contribution in [0.1, 0.15) is 28.2 Å². The molecule has 1 N–H and O–H groups in total. The van der Waals surface area contributed by atoms with Crippen molar-refractivity contribution in [2.45, 2.75) is 32.2 Å². The number of hydrogen-bond donors (Lipinski definition) is 1. The molecule has 1 atom stereocenters. The van der Waals surface area contributed by atoms with E-state index in [0.717, 1.165) is 56.1 Å². The topological polar surface area (TPSA) is 110 Å². The van der Waals surface area contributed by atoms with Gasteiger partial charge in [0.05, 0.1) is 54.8 Å². The number of carboxylic acid groups (broad SMARTS) is 1. The Bertz CT molecular complexity index is 1620. The zero-order valence-electron chi connectivity index (χ0n) is 22.2. The smallest absolute Gasteiger partial charge is 0.335 e. The Morgan fingerprint density at radius 1 is 1.15 bits per heavy atom. The van der Waals surface area contributed by atoms with Crippen LogP contribution in [0.4, 0.5) is 15.9 Å². The number of hydrogen-bond acceptors (Lipinski definition) is 8. The first-order chi connectivity index (χ1) is 20.0. The third-order valence-electron chi connectivity index (χ3n) is 7.46. The fraction of sp³-hybridized carbons (Fsp3) is 0.345. The second-order valence-corrected chi connectivity index (χ2v) is 10.1. The number of aromatic nitrogens is 4. The molecule has 0 aliphatic carbocycles. The van der Waals surface area contributed by atoms with Gasteiger partial charge in [0, 0.05) is 38.3 Å². The Kier molecular flexibility index (Phi) is 7.45. The van der Waals surface area contributed by atoms with Crippen molar-refractivity contribution < 1.29 is 23.8 Å². The third kappa shape index (κ3) is 5.82. The summed E-state index contributed by atoms with van der Waals surface area (Å²) in [7, 11) is 0. The number of carboxylic acids is 1. The molecule has 2 aromatic carbocycles. The van der Waals surface area contributed by atoms with E-state index in [2.05, 4.69) is 29.2 Å². The van der Waals surface area contributed by atoms with Gasteiger partial charge in [-0.1, -0.05) is 12.1 Å². The summed E-state index contributed by atoms with van der Waals surface area (Å²) in [5.41, 5.74) is 2.40. The maximum absolute atomic E-state index is 14.2. The summed E-state index contributed by atoms with van der Waals surface area (Å²) in [5, 5.41) is 9.48. The fourth-order valence-electron chi connectivity index (χ4n) is 5.03. The Hall–Kier alpha value is -4.60. The second kappa shape index (κ2) is 11.5. The van der Waals surface area contributed by atoms with Gasteiger partial charge in [0.1, 0.15) is 18.2 Å². The summed E-state index contributed by atoms with van der Waals surface area (Å²) in [6.45, 7) is 12.0. The van der Waals surface area contributed by atoms with Crippen molar-refractivity contribution in [3.05, 3.63) is 83.0 Å². The van der Waals surface area contributed by atoms with Crippen LogP contribution in [0.3, 0.4) is 0 Å². The Labute approximate surface area is 235 Å². The average molecular weight is 558 g/mol.